The van der Waals surface area contributed by atoms with Gasteiger partial charge in [0.2, 0.25) is 0 Å². The molecule has 0 saturated carbocycles. The van der Waals surface area contributed by atoms with E-state index in [1.807, 2.05) is 91.0 Å². The first-order valence-electron chi connectivity index (χ1n) is 7.50. The lowest BCUT2D eigenvalue weighted by molar-refractivity contribution is 0.121. The monoisotopic (exact) mass is 327 g/mol. The van der Waals surface area contributed by atoms with E-state index >= 15 is 8.78 Å². The summed E-state index contributed by atoms with van der Waals surface area (Å²) in [6.07, 6.45) is 0. The Morgan fingerprint density at radius 2 is 0.826 bits per heavy atom. The van der Waals surface area contributed by atoms with Crippen LogP contribution >= 0.6 is 7.26 Å². The Balaban J connectivity index is 2.41. The summed E-state index contributed by atoms with van der Waals surface area (Å²) in [4.78, 5) is 0. The van der Waals surface area contributed by atoms with Crippen LogP contribution in [-0.4, -0.2) is 5.66 Å². The normalized spacial score (nSPS) is 12.1. The summed E-state index contributed by atoms with van der Waals surface area (Å²) in [5, 5.41) is 2.10. The predicted molar refractivity (Wildman–Crippen MR) is 95.8 cm³/mol. The minimum Gasteiger partial charge on any atom is -0.166 e. The molecular weight excluding hydrogens is 309 g/mol. The molecule has 0 N–H and O–H groups in total. The topological polar surface area (TPSA) is 0 Å². The summed E-state index contributed by atoms with van der Waals surface area (Å²) >= 11 is 0. The first-order chi connectivity index (χ1) is 11.1. The Hall–Kier alpha value is -2.05. The molecule has 116 valence electrons. The quantitative estimate of drug-likeness (QED) is 0.615. The number of hydrogen-bond donors (Lipinski definition) is 0. The molecule has 0 heterocycles. The van der Waals surface area contributed by atoms with Gasteiger partial charge in [-0.3, -0.25) is 0 Å². The fraction of sp³-hybridized carbons (Fsp3) is 0.100. The third-order valence-corrected chi connectivity index (χ3v) is 8.42. The van der Waals surface area contributed by atoms with E-state index in [2.05, 4.69) is 0 Å². The number of benzene rings is 3. The Morgan fingerprint density at radius 3 is 1.04 bits per heavy atom. The van der Waals surface area contributed by atoms with Gasteiger partial charge in [-0.1, -0.05) is 54.6 Å². The van der Waals surface area contributed by atoms with Crippen molar-refractivity contribution in [3.05, 3.63) is 91.0 Å². The molecule has 3 rings (SSSR count). The largest absolute Gasteiger partial charge is 0.365 e. The molecule has 3 aromatic rings. The number of halogens is 2. The molecule has 0 aromatic heterocycles. The molecule has 0 radical (unpaired) electrons. The third kappa shape index (κ3) is 2.68. The van der Waals surface area contributed by atoms with Crippen LogP contribution in [-0.2, 0) is 0 Å². The van der Waals surface area contributed by atoms with Crippen molar-refractivity contribution in [3.63, 3.8) is 0 Å². The van der Waals surface area contributed by atoms with E-state index in [1.165, 1.54) is 0 Å². The van der Waals surface area contributed by atoms with E-state index in [1.54, 1.807) is 0 Å². The van der Waals surface area contributed by atoms with Crippen molar-refractivity contribution in [1.29, 1.82) is 0 Å². The average Bonchev–Trinajstić information content (AvgIpc) is 2.57. The fourth-order valence-corrected chi connectivity index (χ4v) is 7.19. The van der Waals surface area contributed by atoms with Gasteiger partial charge in [0.15, 0.2) is 7.26 Å². The molecule has 0 bridgehead atoms. The highest BCUT2D eigenvalue weighted by molar-refractivity contribution is 7.96. The van der Waals surface area contributed by atoms with Crippen molar-refractivity contribution < 1.29 is 8.78 Å². The van der Waals surface area contributed by atoms with Gasteiger partial charge in [-0.25, -0.2) is 0 Å². The lowest BCUT2D eigenvalue weighted by atomic mass is 10.4. The second-order valence-electron chi connectivity index (χ2n) is 5.52. The average molecular weight is 327 g/mol. The first kappa shape index (κ1) is 15.8. The summed E-state index contributed by atoms with van der Waals surface area (Å²) in [5.74, 6) is 0. The molecule has 0 aliphatic carbocycles. The molecule has 3 heteroatoms. The number of alkyl halides is 2. The van der Waals surface area contributed by atoms with Crippen molar-refractivity contribution in [2.45, 2.75) is 12.6 Å². The van der Waals surface area contributed by atoms with Gasteiger partial charge in [0.25, 0.3) is 0 Å². The maximum atomic E-state index is 15.1. The van der Waals surface area contributed by atoms with E-state index in [0.29, 0.717) is 15.9 Å². The van der Waals surface area contributed by atoms with Crippen molar-refractivity contribution >= 4 is 23.2 Å². The molecule has 0 spiro atoms. The van der Waals surface area contributed by atoms with Crippen LogP contribution in [0.1, 0.15) is 6.92 Å². The first-order valence-corrected chi connectivity index (χ1v) is 9.29. The Labute approximate surface area is 136 Å². The van der Waals surface area contributed by atoms with Crippen LogP contribution in [0.2, 0.25) is 0 Å². The van der Waals surface area contributed by atoms with Gasteiger partial charge in [0.1, 0.15) is 15.9 Å². The van der Waals surface area contributed by atoms with Crippen LogP contribution in [0.3, 0.4) is 0 Å². The van der Waals surface area contributed by atoms with Crippen molar-refractivity contribution in [3.8, 4) is 0 Å². The summed E-state index contributed by atoms with van der Waals surface area (Å²) in [7, 11) is -3.07. The van der Waals surface area contributed by atoms with Gasteiger partial charge in [-0.2, -0.15) is 8.78 Å². The summed E-state index contributed by atoms with van der Waals surface area (Å²) in [5.41, 5.74) is -2.86. The summed E-state index contributed by atoms with van der Waals surface area (Å²) in [6, 6.07) is 27.5. The molecule has 0 fully saturated rings. The Bertz CT molecular complexity index is 653. The molecule has 0 saturated heterocycles. The highest BCUT2D eigenvalue weighted by Gasteiger charge is 2.62. The third-order valence-electron chi connectivity index (χ3n) is 4.02. The van der Waals surface area contributed by atoms with Crippen molar-refractivity contribution in [2.24, 2.45) is 0 Å². The van der Waals surface area contributed by atoms with Crippen LogP contribution in [0, 0.1) is 0 Å². The van der Waals surface area contributed by atoms with Gasteiger partial charge >= 0.3 is 5.66 Å². The Kier molecular flexibility index (Phi) is 4.28. The number of hydrogen-bond acceptors (Lipinski definition) is 0. The molecular formula is C20H18F2P+. The van der Waals surface area contributed by atoms with Crippen LogP contribution in [0.4, 0.5) is 8.78 Å². The molecule has 3 aromatic carbocycles. The predicted octanol–water partition coefficient (Wildman–Crippen LogP) is 4.59. The van der Waals surface area contributed by atoms with Gasteiger partial charge < -0.3 is 0 Å². The molecule has 0 nitrogen and oxygen atoms in total. The summed E-state index contributed by atoms with van der Waals surface area (Å²) < 4.78 is 30.3. The fourth-order valence-electron chi connectivity index (χ4n) is 3.08. The number of rotatable bonds is 4. The second-order valence-corrected chi connectivity index (χ2v) is 9.20. The minimum atomic E-state index is -3.07. The van der Waals surface area contributed by atoms with E-state index in [4.69, 9.17) is 0 Å². The standard InChI is InChI=1S/C20H18F2P/c1-20(21,22)23(17-11-5-2-6-12-17,18-13-7-3-8-14-18)19-15-9-4-10-16-19/h2-16H,1H3/q+1. The summed E-state index contributed by atoms with van der Waals surface area (Å²) in [6.45, 7) is 1.05. The maximum absolute atomic E-state index is 15.1. The van der Waals surface area contributed by atoms with Crippen LogP contribution in [0.15, 0.2) is 91.0 Å². The maximum Gasteiger partial charge on any atom is 0.365 e. The lowest BCUT2D eigenvalue weighted by Crippen LogP contribution is -2.41. The smallest absolute Gasteiger partial charge is 0.166 e. The second kappa shape index (κ2) is 6.22. The van der Waals surface area contributed by atoms with Crippen LogP contribution in [0.25, 0.3) is 0 Å². The molecule has 23 heavy (non-hydrogen) atoms. The zero-order chi connectivity index (χ0) is 16.3. The molecule has 0 aliphatic heterocycles. The Morgan fingerprint density at radius 1 is 0.565 bits per heavy atom. The zero-order valence-electron chi connectivity index (χ0n) is 12.9. The van der Waals surface area contributed by atoms with E-state index in [0.717, 1.165) is 6.92 Å². The van der Waals surface area contributed by atoms with Gasteiger partial charge in [0.05, 0.1) is 0 Å². The SMILES string of the molecule is CC(F)(F)[P+](c1ccccc1)(c1ccccc1)c1ccccc1. The van der Waals surface area contributed by atoms with Gasteiger partial charge in [0, 0.05) is 6.92 Å². The highest BCUT2D eigenvalue weighted by Crippen LogP contribution is 2.67. The molecule has 0 amide bonds. The zero-order valence-corrected chi connectivity index (χ0v) is 13.8. The van der Waals surface area contributed by atoms with Gasteiger partial charge in [-0.15, -0.1) is 0 Å². The molecule has 0 aliphatic rings. The van der Waals surface area contributed by atoms with Gasteiger partial charge in [-0.05, 0) is 36.4 Å². The van der Waals surface area contributed by atoms with E-state index in [9.17, 15) is 0 Å². The molecule has 0 unspecified atom stereocenters. The molecule has 0 atom stereocenters. The van der Waals surface area contributed by atoms with Crippen LogP contribution in [0.5, 0.6) is 0 Å². The van der Waals surface area contributed by atoms with E-state index in [-0.39, 0.29) is 0 Å². The van der Waals surface area contributed by atoms with Crippen molar-refractivity contribution in [2.75, 3.05) is 0 Å². The lowest BCUT2D eigenvalue weighted by Gasteiger charge is -2.31. The highest BCUT2D eigenvalue weighted by atomic mass is 31.2. The minimum absolute atomic E-state index is 0.699. The van der Waals surface area contributed by atoms with Crippen molar-refractivity contribution in [1.82, 2.24) is 0 Å². The van der Waals surface area contributed by atoms with E-state index < -0.39 is 12.9 Å². The van der Waals surface area contributed by atoms with Crippen LogP contribution < -0.4 is 15.9 Å².